The highest BCUT2D eigenvalue weighted by molar-refractivity contribution is 5.87. The summed E-state index contributed by atoms with van der Waals surface area (Å²) in [5.41, 5.74) is 0.917. The van der Waals surface area contributed by atoms with Gasteiger partial charge in [-0.15, -0.1) is 0 Å². The Morgan fingerprint density at radius 1 is 1.28 bits per heavy atom. The quantitative estimate of drug-likeness (QED) is 0.721. The first kappa shape index (κ1) is 18.9. The molecule has 29 heavy (non-hydrogen) atoms. The van der Waals surface area contributed by atoms with Crippen LogP contribution in [0.15, 0.2) is 18.6 Å². The number of carbonyl (C=O) groups excluding carboxylic acids is 1. The van der Waals surface area contributed by atoms with E-state index in [2.05, 4.69) is 25.2 Å². The van der Waals surface area contributed by atoms with E-state index in [1.54, 1.807) is 6.33 Å². The normalized spacial score (nSPS) is 25.3. The van der Waals surface area contributed by atoms with E-state index in [9.17, 15) is 9.90 Å². The number of rotatable bonds is 5. The van der Waals surface area contributed by atoms with Gasteiger partial charge in [0.2, 0.25) is 5.91 Å². The Bertz CT molecular complexity index is 871. The topological polar surface area (TPSA) is 94.1 Å². The zero-order valence-corrected chi connectivity index (χ0v) is 16.9. The van der Waals surface area contributed by atoms with Crippen LogP contribution in [0.5, 0.6) is 0 Å². The molecule has 1 spiro atoms. The van der Waals surface area contributed by atoms with Crippen molar-refractivity contribution in [1.82, 2.24) is 20.3 Å². The van der Waals surface area contributed by atoms with Crippen LogP contribution in [0.1, 0.15) is 51.4 Å². The highest BCUT2D eigenvalue weighted by Gasteiger charge is 2.55. The van der Waals surface area contributed by atoms with Gasteiger partial charge in [0.15, 0.2) is 0 Å². The minimum Gasteiger partial charge on any atom is -0.394 e. The van der Waals surface area contributed by atoms with Crippen molar-refractivity contribution in [3.63, 3.8) is 0 Å². The van der Waals surface area contributed by atoms with Crippen LogP contribution in [0.2, 0.25) is 0 Å². The molecule has 2 atom stereocenters. The van der Waals surface area contributed by atoms with Gasteiger partial charge in [0, 0.05) is 25.2 Å². The molecule has 1 saturated heterocycles. The second-order valence-corrected chi connectivity index (χ2v) is 9.26. The van der Waals surface area contributed by atoms with Crippen molar-refractivity contribution in [2.45, 2.75) is 57.4 Å². The second-order valence-electron chi connectivity index (χ2n) is 9.26. The lowest BCUT2D eigenvalue weighted by Crippen LogP contribution is -2.52. The first-order valence-corrected chi connectivity index (χ1v) is 11.1. The van der Waals surface area contributed by atoms with Crippen molar-refractivity contribution in [3.8, 4) is 0 Å². The highest BCUT2D eigenvalue weighted by Crippen LogP contribution is 2.56. The van der Waals surface area contributed by atoms with Crippen LogP contribution in [0.3, 0.4) is 0 Å². The Balaban J connectivity index is 1.28. The number of fused-ring (bicyclic) bond motifs is 1. The summed E-state index contributed by atoms with van der Waals surface area (Å²) in [5.74, 6) is 1.59. The van der Waals surface area contributed by atoms with Gasteiger partial charge in [0.05, 0.1) is 18.0 Å². The lowest BCUT2D eigenvalue weighted by Gasteiger charge is -2.40. The van der Waals surface area contributed by atoms with Crippen LogP contribution in [0.4, 0.5) is 5.82 Å². The molecule has 7 heteroatoms. The molecule has 7 nitrogen and oxygen atoms in total. The molecule has 1 amide bonds. The highest BCUT2D eigenvalue weighted by atomic mass is 16.3. The Kier molecular flexibility index (Phi) is 4.94. The van der Waals surface area contributed by atoms with Gasteiger partial charge in [-0.2, -0.15) is 0 Å². The minimum atomic E-state index is -0.0852. The van der Waals surface area contributed by atoms with Crippen molar-refractivity contribution in [1.29, 1.82) is 0 Å². The lowest BCUT2D eigenvalue weighted by atomic mass is 9.80. The van der Waals surface area contributed by atoms with E-state index in [-0.39, 0.29) is 29.9 Å². The first-order valence-electron chi connectivity index (χ1n) is 11.1. The zero-order chi connectivity index (χ0) is 19.8. The van der Waals surface area contributed by atoms with E-state index in [1.807, 2.05) is 12.3 Å². The summed E-state index contributed by atoms with van der Waals surface area (Å²) in [6.45, 7) is 1.74. The van der Waals surface area contributed by atoms with Crippen molar-refractivity contribution in [3.05, 3.63) is 18.6 Å². The number of hydrogen-bond acceptors (Lipinski definition) is 5. The summed E-state index contributed by atoms with van der Waals surface area (Å²) in [4.78, 5) is 27.5. The maximum Gasteiger partial charge on any atom is 0.224 e. The van der Waals surface area contributed by atoms with Crippen molar-refractivity contribution >= 4 is 22.8 Å². The van der Waals surface area contributed by atoms with Gasteiger partial charge in [0.25, 0.3) is 0 Å². The first-order chi connectivity index (χ1) is 14.2. The summed E-state index contributed by atoms with van der Waals surface area (Å²) in [7, 11) is 0. The predicted octanol–water partition coefficient (Wildman–Crippen LogP) is 2.62. The summed E-state index contributed by atoms with van der Waals surface area (Å²) in [6, 6.07) is 1.94. The van der Waals surface area contributed by atoms with Crippen LogP contribution in [0.25, 0.3) is 11.0 Å². The molecule has 3 aliphatic rings. The van der Waals surface area contributed by atoms with Gasteiger partial charge in [0.1, 0.15) is 17.8 Å². The Hall–Kier alpha value is -2.15. The van der Waals surface area contributed by atoms with Gasteiger partial charge in [-0.25, -0.2) is 9.97 Å². The molecule has 2 aromatic heterocycles. The molecule has 5 rings (SSSR count). The molecule has 3 heterocycles. The Labute approximate surface area is 171 Å². The fourth-order valence-corrected chi connectivity index (χ4v) is 5.66. The molecule has 0 bridgehead atoms. The maximum absolute atomic E-state index is 13.2. The maximum atomic E-state index is 13.2. The fourth-order valence-electron chi connectivity index (χ4n) is 5.66. The third kappa shape index (κ3) is 3.50. The molecule has 1 aliphatic heterocycles. The molecule has 2 aliphatic carbocycles. The van der Waals surface area contributed by atoms with E-state index in [4.69, 9.17) is 0 Å². The average Bonchev–Trinajstić information content (AvgIpc) is 3.34. The second kappa shape index (κ2) is 7.59. The monoisotopic (exact) mass is 397 g/mol. The van der Waals surface area contributed by atoms with Crippen LogP contribution in [-0.2, 0) is 4.79 Å². The molecular formula is C22H31N5O2. The number of aliphatic hydroxyl groups excluding tert-OH is 1. The number of H-pyrrole nitrogens is 1. The van der Waals surface area contributed by atoms with Crippen molar-refractivity contribution < 1.29 is 9.90 Å². The predicted molar refractivity (Wildman–Crippen MR) is 111 cm³/mol. The summed E-state index contributed by atoms with van der Waals surface area (Å²) in [6.07, 6.45) is 12.5. The molecule has 3 N–H and O–H groups in total. The molecule has 2 aromatic rings. The number of amides is 1. The number of aromatic nitrogens is 3. The van der Waals surface area contributed by atoms with E-state index in [0.29, 0.717) is 5.92 Å². The standard InChI is InChI=1S/C22H31N5O2/c28-12-18(15-4-2-1-3-5-15)26-21(29)17-7-11-27(13-22(17)8-9-22)20-16-6-10-23-19(16)24-14-25-20/h6,10,14-15,17-18,28H,1-5,7-9,11-13H2,(H,26,29)(H,23,24,25)/t17?,18-/m1/s1. The summed E-state index contributed by atoms with van der Waals surface area (Å²) < 4.78 is 0. The number of aromatic amines is 1. The number of carbonyl (C=O) groups is 1. The summed E-state index contributed by atoms with van der Waals surface area (Å²) in [5, 5.41) is 14.2. The molecular weight excluding hydrogens is 366 g/mol. The third-order valence-electron chi connectivity index (χ3n) is 7.52. The average molecular weight is 398 g/mol. The summed E-state index contributed by atoms with van der Waals surface area (Å²) >= 11 is 0. The number of aliphatic hydroxyl groups is 1. The molecule has 0 radical (unpaired) electrons. The molecule has 156 valence electrons. The molecule has 3 fully saturated rings. The minimum absolute atomic E-state index is 0.0416. The largest absolute Gasteiger partial charge is 0.394 e. The van der Waals surface area contributed by atoms with Crippen molar-refractivity contribution in [2.75, 3.05) is 24.6 Å². The number of anilines is 1. The van der Waals surface area contributed by atoms with E-state index >= 15 is 0 Å². The van der Waals surface area contributed by atoms with Gasteiger partial charge in [-0.3, -0.25) is 4.79 Å². The Morgan fingerprint density at radius 2 is 2.10 bits per heavy atom. The number of nitrogens with zero attached hydrogens (tertiary/aromatic N) is 3. The molecule has 0 aromatic carbocycles. The number of hydrogen-bond donors (Lipinski definition) is 3. The van der Waals surface area contributed by atoms with E-state index in [1.165, 1.54) is 19.3 Å². The van der Waals surface area contributed by atoms with Gasteiger partial charge >= 0.3 is 0 Å². The SMILES string of the molecule is O=C(N[C@H](CO)C1CCCCC1)C1CCN(c2ncnc3[nH]ccc23)CC12CC2. The van der Waals surface area contributed by atoms with Gasteiger partial charge in [-0.1, -0.05) is 19.3 Å². The van der Waals surface area contributed by atoms with Crippen LogP contribution >= 0.6 is 0 Å². The van der Waals surface area contributed by atoms with Gasteiger partial charge < -0.3 is 20.3 Å². The zero-order valence-electron chi connectivity index (χ0n) is 16.9. The molecule has 2 saturated carbocycles. The van der Waals surface area contributed by atoms with Gasteiger partial charge in [-0.05, 0) is 49.5 Å². The number of nitrogens with one attached hydrogen (secondary N) is 2. The van der Waals surface area contributed by atoms with E-state index < -0.39 is 0 Å². The molecule has 1 unspecified atom stereocenters. The van der Waals surface area contributed by atoms with E-state index in [0.717, 1.165) is 62.0 Å². The van der Waals surface area contributed by atoms with Crippen molar-refractivity contribution in [2.24, 2.45) is 17.3 Å². The Morgan fingerprint density at radius 3 is 2.86 bits per heavy atom. The fraction of sp³-hybridized carbons (Fsp3) is 0.682. The lowest BCUT2D eigenvalue weighted by molar-refractivity contribution is -0.129. The third-order valence-corrected chi connectivity index (χ3v) is 7.52. The smallest absolute Gasteiger partial charge is 0.224 e. The van der Waals surface area contributed by atoms with Crippen LogP contribution in [-0.4, -0.2) is 51.7 Å². The van der Waals surface area contributed by atoms with Crippen LogP contribution in [0, 0.1) is 17.3 Å². The number of piperidine rings is 1. The van der Waals surface area contributed by atoms with Crippen LogP contribution < -0.4 is 10.2 Å².